The highest BCUT2D eigenvalue weighted by Crippen LogP contribution is 2.45. The minimum atomic E-state index is 0.241. The van der Waals surface area contributed by atoms with E-state index < -0.39 is 0 Å². The predicted octanol–water partition coefficient (Wildman–Crippen LogP) is 3.44. The van der Waals surface area contributed by atoms with E-state index in [0.717, 1.165) is 61.2 Å². The van der Waals surface area contributed by atoms with Crippen LogP contribution in [0.4, 0.5) is 0 Å². The van der Waals surface area contributed by atoms with E-state index in [1.54, 1.807) is 7.11 Å². The summed E-state index contributed by atoms with van der Waals surface area (Å²) in [6.07, 6.45) is 2.08. The van der Waals surface area contributed by atoms with E-state index in [1.807, 2.05) is 25.2 Å². The van der Waals surface area contributed by atoms with Crippen LogP contribution >= 0.6 is 0 Å². The number of nitrogens with zero attached hydrogens (tertiary/aromatic N) is 1. The molecule has 3 aromatic carbocycles. The van der Waals surface area contributed by atoms with Gasteiger partial charge in [-0.25, -0.2) is 0 Å². The first kappa shape index (κ1) is 14.7. The van der Waals surface area contributed by atoms with Crippen LogP contribution in [0.3, 0.4) is 0 Å². The van der Waals surface area contributed by atoms with Gasteiger partial charge in [0.05, 0.1) is 23.3 Å². The van der Waals surface area contributed by atoms with Gasteiger partial charge in [-0.05, 0) is 30.3 Å². The Kier molecular flexibility index (Phi) is 2.76. The molecule has 27 heavy (non-hydrogen) atoms. The van der Waals surface area contributed by atoms with E-state index in [-0.39, 0.29) is 13.6 Å². The monoisotopic (exact) mass is 362 g/mol. The van der Waals surface area contributed by atoms with Crippen LogP contribution in [0.15, 0.2) is 36.5 Å². The molecule has 0 saturated carbocycles. The number of hydrogen-bond donors (Lipinski definition) is 0. The maximum absolute atomic E-state index is 5.72. The molecule has 1 aromatic heterocycles. The minimum absolute atomic E-state index is 0.241. The lowest BCUT2D eigenvalue weighted by atomic mass is 9.99. The summed E-state index contributed by atoms with van der Waals surface area (Å²) in [5.74, 6) is 3.85. The van der Waals surface area contributed by atoms with Crippen molar-refractivity contribution in [2.24, 2.45) is 7.05 Å². The fourth-order valence-electron chi connectivity index (χ4n) is 4.13. The molecule has 0 saturated heterocycles. The van der Waals surface area contributed by atoms with Crippen molar-refractivity contribution in [1.82, 2.24) is 0 Å². The molecule has 0 aliphatic carbocycles. The normalized spacial score (nSPS) is 14.4. The van der Waals surface area contributed by atoms with E-state index in [0.29, 0.717) is 0 Å². The minimum Gasteiger partial charge on any atom is -0.496 e. The van der Waals surface area contributed by atoms with Crippen molar-refractivity contribution in [3.05, 3.63) is 36.5 Å². The lowest BCUT2D eigenvalue weighted by Gasteiger charge is -2.11. The summed E-state index contributed by atoms with van der Waals surface area (Å²) in [6, 6.07) is 10.1. The third-order valence-corrected chi connectivity index (χ3v) is 5.33. The van der Waals surface area contributed by atoms with Crippen LogP contribution in [0.1, 0.15) is 0 Å². The highest BCUT2D eigenvalue weighted by molar-refractivity contribution is 6.17. The van der Waals surface area contributed by atoms with E-state index in [2.05, 4.69) is 22.9 Å². The van der Waals surface area contributed by atoms with Gasteiger partial charge >= 0.3 is 0 Å². The van der Waals surface area contributed by atoms with Gasteiger partial charge in [-0.3, -0.25) is 0 Å². The lowest BCUT2D eigenvalue weighted by Crippen LogP contribution is -2.28. The fraction of sp³-hybridized carbons (Fsp3) is 0.190. The molecule has 0 fully saturated rings. The molecule has 2 aliphatic heterocycles. The summed E-state index contributed by atoms with van der Waals surface area (Å²) in [4.78, 5) is 0. The molecule has 4 aromatic rings. The third-order valence-electron chi connectivity index (χ3n) is 5.33. The molecule has 0 bridgehead atoms. The molecule has 0 spiro atoms. The van der Waals surface area contributed by atoms with Crippen molar-refractivity contribution < 1.29 is 28.3 Å². The van der Waals surface area contributed by atoms with Crippen molar-refractivity contribution in [3.8, 4) is 28.7 Å². The highest BCUT2D eigenvalue weighted by Gasteiger charge is 2.25. The average molecular weight is 362 g/mol. The molecule has 2 aliphatic rings. The molecule has 0 radical (unpaired) electrons. The molecule has 6 nitrogen and oxygen atoms in total. The van der Waals surface area contributed by atoms with Gasteiger partial charge < -0.3 is 23.7 Å². The van der Waals surface area contributed by atoms with Crippen LogP contribution in [-0.4, -0.2) is 20.7 Å². The Labute approximate surface area is 154 Å². The molecule has 6 rings (SSSR count). The van der Waals surface area contributed by atoms with Crippen LogP contribution in [0, 0.1) is 0 Å². The van der Waals surface area contributed by atoms with Crippen LogP contribution < -0.4 is 28.3 Å². The van der Waals surface area contributed by atoms with Gasteiger partial charge in [-0.1, -0.05) is 0 Å². The van der Waals surface area contributed by atoms with E-state index >= 15 is 0 Å². The number of aryl methyl sites for hydroxylation is 1. The summed E-state index contributed by atoms with van der Waals surface area (Å²) < 4.78 is 30.2. The molecule has 0 atom stereocenters. The predicted molar refractivity (Wildman–Crippen MR) is 98.9 cm³/mol. The molecule has 3 heterocycles. The fourth-order valence-corrected chi connectivity index (χ4v) is 4.13. The van der Waals surface area contributed by atoms with Gasteiger partial charge in [0.2, 0.25) is 19.1 Å². The maximum atomic E-state index is 5.72. The maximum Gasteiger partial charge on any atom is 0.231 e. The van der Waals surface area contributed by atoms with Gasteiger partial charge in [0.1, 0.15) is 12.8 Å². The number of rotatable bonds is 1. The lowest BCUT2D eigenvalue weighted by molar-refractivity contribution is -0.642. The van der Waals surface area contributed by atoms with Crippen molar-refractivity contribution in [2.45, 2.75) is 0 Å². The van der Waals surface area contributed by atoms with Gasteiger partial charge in [0.25, 0.3) is 0 Å². The molecular weight excluding hydrogens is 346 g/mol. The number of benzene rings is 3. The first-order valence-corrected chi connectivity index (χ1v) is 8.69. The zero-order valence-corrected chi connectivity index (χ0v) is 14.9. The Morgan fingerprint density at radius 1 is 0.778 bits per heavy atom. The Morgan fingerprint density at radius 3 is 2.30 bits per heavy atom. The first-order chi connectivity index (χ1) is 13.2. The molecule has 0 unspecified atom stereocenters. The number of fused-ring (bicyclic) bond motifs is 8. The van der Waals surface area contributed by atoms with Gasteiger partial charge in [0, 0.05) is 10.8 Å². The van der Waals surface area contributed by atoms with Gasteiger partial charge in [0.15, 0.2) is 29.2 Å². The third kappa shape index (κ3) is 1.87. The number of aromatic nitrogens is 1. The van der Waals surface area contributed by atoms with Crippen LogP contribution in [-0.2, 0) is 7.05 Å². The second-order valence-electron chi connectivity index (χ2n) is 6.73. The summed E-state index contributed by atoms with van der Waals surface area (Å²) in [5.41, 5.74) is 1.09. The quantitative estimate of drug-likeness (QED) is 0.384. The SMILES string of the molecule is COc1cc2c3ccc4c(c3c[n+](C)c2c2cc3c(cc12)OCO3)OCO4. The Hall–Kier alpha value is -3.41. The summed E-state index contributed by atoms with van der Waals surface area (Å²) >= 11 is 0. The summed E-state index contributed by atoms with van der Waals surface area (Å²) in [5, 5.41) is 5.23. The van der Waals surface area contributed by atoms with Crippen molar-refractivity contribution in [2.75, 3.05) is 20.7 Å². The van der Waals surface area contributed by atoms with Gasteiger partial charge in [-0.2, -0.15) is 4.57 Å². The van der Waals surface area contributed by atoms with E-state index in [9.17, 15) is 0 Å². The highest BCUT2D eigenvalue weighted by atomic mass is 16.7. The Balaban J connectivity index is 1.83. The molecule has 6 heteroatoms. The van der Waals surface area contributed by atoms with Crippen molar-refractivity contribution in [1.29, 1.82) is 0 Å². The second-order valence-corrected chi connectivity index (χ2v) is 6.73. The number of ether oxygens (including phenoxy) is 5. The average Bonchev–Trinajstić information content (AvgIpc) is 3.34. The topological polar surface area (TPSA) is 50.0 Å². The Morgan fingerprint density at radius 2 is 1.48 bits per heavy atom. The largest absolute Gasteiger partial charge is 0.496 e. The van der Waals surface area contributed by atoms with Crippen molar-refractivity contribution in [3.63, 3.8) is 0 Å². The smallest absolute Gasteiger partial charge is 0.231 e. The number of pyridine rings is 1. The summed E-state index contributed by atoms with van der Waals surface area (Å²) in [7, 11) is 3.72. The Bertz CT molecular complexity index is 1280. The van der Waals surface area contributed by atoms with E-state index in [1.165, 1.54) is 0 Å². The second kappa shape index (κ2) is 5.07. The van der Waals surface area contributed by atoms with Gasteiger partial charge in [-0.15, -0.1) is 0 Å². The van der Waals surface area contributed by atoms with Crippen molar-refractivity contribution >= 4 is 32.4 Å². The zero-order chi connectivity index (χ0) is 18.1. The van der Waals surface area contributed by atoms with E-state index in [4.69, 9.17) is 23.7 Å². The molecular formula is C21H16NO5+. The van der Waals surface area contributed by atoms with Crippen LogP contribution in [0.2, 0.25) is 0 Å². The summed E-state index contributed by atoms with van der Waals surface area (Å²) in [6.45, 7) is 0.491. The molecule has 0 amide bonds. The standard InChI is InChI=1S/C21H16NO5/c1-22-8-15-11(3-4-16-21(15)27-10-24-16)13-6-17(23-2)12-5-18-19(26-9-25-18)7-14(12)20(13)22/h3-8H,9-10H2,1-2H3/q+1. The zero-order valence-electron chi connectivity index (χ0n) is 14.9. The van der Waals surface area contributed by atoms with Crippen LogP contribution in [0.25, 0.3) is 32.4 Å². The van der Waals surface area contributed by atoms with Crippen LogP contribution in [0.5, 0.6) is 28.7 Å². The molecule has 0 N–H and O–H groups in total. The molecule has 134 valence electrons. The number of methoxy groups -OCH3 is 1. The first-order valence-electron chi connectivity index (χ1n) is 8.69. The number of hydrogen-bond acceptors (Lipinski definition) is 5.